The molecule has 0 saturated heterocycles. The first-order valence-electron chi connectivity index (χ1n) is 10.1. The zero-order valence-corrected chi connectivity index (χ0v) is 15.7. The molecule has 1 amide bonds. The quantitative estimate of drug-likeness (QED) is 0.210. The minimum absolute atomic E-state index is 0.340. The van der Waals surface area contributed by atoms with Crippen LogP contribution < -0.4 is 0 Å². The largest absolute Gasteiger partial charge is 0.286 e. The monoisotopic (exact) mass is 325 g/mol. The predicted molar refractivity (Wildman–Crippen MR) is 99.5 cm³/mol. The lowest BCUT2D eigenvalue weighted by Crippen LogP contribution is -2.03. The van der Waals surface area contributed by atoms with Gasteiger partial charge in [0.15, 0.2) is 0 Å². The Balaban J connectivity index is 3.85. The van der Waals surface area contributed by atoms with Crippen LogP contribution in [0, 0.1) is 10.8 Å². The van der Waals surface area contributed by atoms with Crippen LogP contribution in [-0.4, -0.2) is 5.91 Å². The molecule has 1 atom stereocenters. The first-order chi connectivity index (χ1) is 11.2. The van der Waals surface area contributed by atoms with E-state index < -0.39 is 5.91 Å². The van der Waals surface area contributed by atoms with Crippen LogP contribution in [0.1, 0.15) is 117 Å². The van der Waals surface area contributed by atoms with Crippen LogP contribution in [0.5, 0.6) is 0 Å². The van der Waals surface area contributed by atoms with Gasteiger partial charge in [-0.1, -0.05) is 97.3 Å². The lowest BCUT2D eigenvalue weighted by Gasteiger charge is -2.16. The fraction of sp³-hybridized carbons (Fsp3) is 0.950. The fourth-order valence-corrected chi connectivity index (χ4v) is 3.27. The highest BCUT2D eigenvalue weighted by molar-refractivity contribution is 5.76. The third-order valence-corrected chi connectivity index (χ3v) is 4.79. The summed E-state index contributed by atoms with van der Waals surface area (Å²) < 4.78 is 0. The van der Waals surface area contributed by atoms with Gasteiger partial charge in [-0.25, -0.2) is 0 Å². The van der Waals surface area contributed by atoms with E-state index in [2.05, 4.69) is 19.0 Å². The first-order valence-corrected chi connectivity index (χ1v) is 10.1. The summed E-state index contributed by atoms with van der Waals surface area (Å²) in [6.07, 6.45) is 19.6. The molecular weight excluding hydrogens is 286 g/mol. The van der Waals surface area contributed by atoms with Crippen molar-refractivity contribution in [2.24, 2.45) is 11.1 Å². The summed E-state index contributed by atoms with van der Waals surface area (Å²) in [5.41, 5.74) is 0. The van der Waals surface area contributed by atoms with Crippen molar-refractivity contribution in [1.29, 1.82) is 0 Å². The maximum atomic E-state index is 11.0. The lowest BCUT2D eigenvalue weighted by molar-refractivity contribution is -0.118. The number of nitroso groups, excluding NO2 is 1. The Morgan fingerprint density at radius 2 is 1.13 bits per heavy atom. The summed E-state index contributed by atoms with van der Waals surface area (Å²) >= 11 is 0. The van der Waals surface area contributed by atoms with E-state index in [1.54, 1.807) is 0 Å². The van der Waals surface area contributed by atoms with Crippen LogP contribution in [-0.2, 0) is 4.79 Å². The van der Waals surface area contributed by atoms with Gasteiger partial charge < -0.3 is 0 Å². The Bertz CT molecular complexity index is 279. The van der Waals surface area contributed by atoms with Gasteiger partial charge in [-0.05, 0) is 18.8 Å². The number of carbonyl (C=O) groups excluding carboxylic acids is 1. The summed E-state index contributed by atoms with van der Waals surface area (Å²) in [6.45, 7) is 4.50. The van der Waals surface area contributed by atoms with E-state index in [0.29, 0.717) is 6.42 Å². The molecule has 0 aliphatic heterocycles. The van der Waals surface area contributed by atoms with E-state index in [4.69, 9.17) is 0 Å². The van der Waals surface area contributed by atoms with Crippen molar-refractivity contribution < 1.29 is 4.79 Å². The maximum absolute atomic E-state index is 11.0. The normalized spacial score (nSPS) is 12.3. The van der Waals surface area contributed by atoms with Crippen molar-refractivity contribution in [1.82, 2.24) is 0 Å². The molecule has 0 spiro atoms. The standard InChI is InChI=1S/C20H39NO2/c1-3-5-7-9-11-13-16-19(15-12-10-8-6-4-2)17-14-18-20(22)21-23/h19H,3-18H2,1-2H3. The van der Waals surface area contributed by atoms with Crippen LogP contribution in [0.2, 0.25) is 0 Å². The summed E-state index contributed by atoms with van der Waals surface area (Å²) in [5.74, 6) is 0.258. The van der Waals surface area contributed by atoms with E-state index in [1.165, 1.54) is 83.5 Å². The van der Waals surface area contributed by atoms with Gasteiger partial charge in [-0.2, -0.15) is 0 Å². The highest BCUT2D eigenvalue weighted by Crippen LogP contribution is 2.24. The highest BCUT2D eigenvalue weighted by Gasteiger charge is 2.10. The number of nitrogens with zero attached hydrogens (tertiary/aromatic N) is 1. The van der Waals surface area contributed by atoms with E-state index in [-0.39, 0.29) is 0 Å². The van der Waals surface area contributed by atoms with Gasteiger partial charge in [-0.3, -0.25) is 4.79 Å². The molecule has 0 bridgehead atoms. The van der Waals surface area contributed by atoms with Crippen molar-refractivity contribution in [3.8, 4) is 0 Å². The molecule has 0 saturated carbocycles. The van der Waals surface area contributed by atoms with Crippen LogP contribution in [0.4, 0.5) is 0 Å². The van der Waals surface area contributed by atoms with Gasteiger partial charge in [0.05, 0.1) is 0 Å². The van der Waals surface area contributed by atoms with Gasteiger partial charge in [0.1, 0.15) is 0 Å². The Hall–Kier alpha value is -0.730. The van der Waals surface area contributed by atoms with Crippen molar-refractivity contribution in [2.45, 2.75) is 117 Å². The maximum Gasteiger partial charge on any atom is 0.286 e. The van der Waals surface area contributed by atoms with E-state index in [1.807, 2.05) is 0 Å². The second kappa shape index (κ2) is 17.6. The topological polar surface area (TPSA) is 46.5 Å². The van der Waals surface area contributed by atoms with Gasteiger partial charge in [0.2, 0.25) is 0 Å². The molecule has 0 N–H and O–H groups in total. The molecule has 0 rings (SSSR count). The third kappa shape index (κ3) is 15.9. The lowest BCUT2D eigenvalue weighted by atomic mass is 9.90. The molecule has 0 aromatic rings. The fourth-order valence-electron chi connectivity index (χ4n) is 3.27. The van der Waals surface area contributed by atoms with E-state index in [0.717, 1.165) is 18.8 Å². The minimum atomic E-state index is -0.480. The third-order valence-electron chi connectivity index (χ3n) is 4.79. The zero-order valence-electron chi connectivity index (χ0n) is 15.7. The van der Waals surface area contributed by atoms with Crippen molar-refractivity contribution >= 4 is 5.91 Å². The number of carbonyl (C=O) groups is 1. The SMILES string of the molecule is CCCCCCCCC(CCCCCCC)CCCC(=O)N=O. The first kappa shape index (κ1) is 22.3. The van der Waals surface area contributed by atoms with E-state index in [9.17, 15) is 9.70 Å². The van der Waals surface area contributed by atoms with Crippen LogP contribution in [0.15, 0.2) is 5.18 Å². The Labute approximate surface area is 144 Å². The van der Waals surface area contributed by atoms with Crippen molar-refractivity contribution in [3.63, 3.8) is 0 Å². The molecule has 0 heterocycles. The van der Waals surface area contributed by atoms with Crippen molar-refractivity contribution in [2.75, 3.05) is 0 Å². The summed E-state index contributed by atoms with van der Waals surface area (Å²) in [7, 11) is 0. The molecule has 3 nitrogen and oxygen atoms in total. The Morgan fingerprint density at radius 1 is 0.696 bits per heavy atom. The van der Waals surface area contributed by atoms with Crippen LogP contribution in [0.25, 0.3) is 0 Å². The van der Waals surface area contributed by atoms with E-state index >= 15 is 0 Å². The number of hydrogen-bond donors (Lipinski definition) is 0. The van der Waals surface area contributed by atoms with Crippen molar-refractivity contribution in [3.05, 3.63) is 4.91 Å². The Morgan fingerprint density at radius 3 is 1.61 bits per heavy atom. The zero-order chi connectivity index (χ0) is 17.2. The Kier molecular flexibility index (Phi) is 17.1. The van der Waals surface area contributed by atoms with Gasteiger partial charge >= 0.3 is 0 Å². The van der Waals surface area contributed by atoms with Gasteiger partial charge in [0, 0.05) is 11.6 Å². The molecule has 1 unspecified atom stereocenters. The molecule has 0 aliphatic rings. The molecule has 0 fully saturated rings. The molecule has 0 radical (unpaired) electrons. The average Bonchev–Trinajstić information content (AvgIpc) is 2.56. The number of amides is 1. The molecule has 0 aromatic heterocycles. The van der Waals surface area contributed by atoms with Crippen LogP contribution in [0.3, 0.4) is 0 Å². The number of hydrogen-bond acceptors (Lipinski definition) is 2. The van der Waals surface area contributed by atoms with Crippen LogP contribution >= 0.6 is 0 Å². The molecular formula is C20H39NO2. The summed E-state index contributed by atoms with van der Waals surface area (Å²) in [6, 6.07) is 0. The average molecular weight is 326 g/mol. The van der Waals surface area contributed by atoms with Gasteiger partial charge in [0.25, 0.3) is 5.91 Å². The smallest absolute Gasteiger partial charge is 0.269 e. The number of rotatable bonds is 17. The summed E-state index contributed by atoms with van der Waals surface area (Å²) in [5, 5.41) is 2.50. The minimum Gasteiger partial charge on any atom is -0.269 e. The predicted octanol–water partition coefficient (Wildman–Crippen LogP) is 7.18. The molecule has 136 valence electrons. The molecule has 3 heteroatoms. The molecule has 0 aromatic carbocycles. The molecule has 23 heavy (non-hydrogen) atoms. The second-order valence-electron chi connectivity index (χ2n) is 7.00. The summed E-state index contributed by atoms with van der Waals surface area (Å²) in [4.78, 5) is 21.2. The number of unbranched alkanes of at least 4 members (excludes halogenated alkanes) is 9. The van der Waals surface area contributed by atoms with Gasteiger partial charge in [-0.15, -0.1) is 4.91 Å². The highest BCUT2D eigenvalue weighted by atomic mass is 16.3. The molecule has 0 aliphatic carbocycles. The second-order valence-corrected chi connectivity index (χ2v) is 7.00.